The van der Waals surface area contributed by atoms with Crippen molar-refractivity contribution in [2.75, 3.05) is 6.61 Å². The van der Waals surface area contributed by atoms with Crippen LogP contribution in [0.15, 0.2) is 30.3 Å². The van der Waals surface area contributed by atoms with E-state index in [0.29, 0.717) is 18.5 Å². The van der Waals surface area contributed by atoms with Gasteiger partial charge in [0.15, 0.2) is 0 Å². The van der Waals surface area contributed by atoms with E-state index in [1.165, 1.54) is 0 Å². The maximum absolute atomic E-state index is 12.6. The summed E-state index contributed by atoms with van der Waals surface area (Å²) in [6, 6.07) is 9.65. The van der Waals surface area contributed by atoms with Crippen molar-refractivity contribution in [3.05, 3.63) is 52.8 Å². The van der Waals surface area contributed by atoms with Gasteiger partial charge in [-0.25, -0.2) is 0 Å². The van der Waals surface area contributed by atoms with Crippen LogP contribution in [-0.2, 0) is 6.54 Å². The zero-order valence-corrected chi connectivity index (χ0v) is 15.0. The molecule has 1 aromatic heterocycles. The van der Waals surface area contributed by atoms with Gasteiger partial charge in [0, 0.05) is 23.4 Å². The van der Waals surface area contributed by atoms with Gasteiger partial charge in [-0.15, -0.1) is 0 Å². The Bertz CT molecular complexity index is 708. The minimum Gasteiger partial charge on any atom is -0.396 e. The van der Waals surface area contributed by atoms with Crippen LogP contribution in [0.4, 0.5) is 0 Å². The van der Waals surface area contributed by atoms with Gasteiger partial charge in [-0.2, -0.15) is 5.10 Å². The second-order valence-electron chi connectivity index (χ2n) is 6.63. The van der Waals surface area contributed by atoms with Crippen molar-refractivity contribution < 1.29 is 9.90 Å². The van der Waals surface area contributed by atoms with Crippen LogP contribution in [0, 0.1) is 13.8 Å². The molecule has 1 heterocycles. The lowest BCUT2D eigenvalue weighted by Crippen LogP contribution is -2.46. The summed E-state index contributed by atoms with van der Waals surface area (Å²) in [5, 5.41) is 16.7. The highest BCUT2D eigenvalue weighted by Gasteiger charge is 2.24. The maximum atomic E-state index is 12.6. The number of hydrogen-bond donors (Lipinski definition) is 2. The van der Waals surface area contributed by atoms with E-state index in [-0.39, 0.29) is 12.5 Å². The number of aliphatic hydroxyl groups is 1. The van der Waals surface area contributed by atoms with Crippen molar-refractivity contribution in [3.8, 4) is 0 Å². The van der Waals surface area contributed by atoms with Crippen LogP contribution in [0.5, 0.6) is 0 Å². The average molecular weight is 329 g/mol. The van der Waals surface area contributed by atoms with Gasteiger partial charge >= 0.3 is 0 Å². The number of aromatic nitrogens is 2. The SMILES string of the molecule is CCC(C)(CCO)NC(=O)c1cccc(Cn2nc(C)cc2C)c1. The third-order valence-electron chi connectivity index (χ3n) is 4.48. The molecule has 24 heavy (non-hydrogen) atoms. The van der Waals surface area contributed by atoms with Crippen molar-refractivity contribution in [1.29, 1.82) is 0 Å². The molecule has 130 valence electrons. The summed E-state index contributed by atoms with van der Waals surface area (Å²) in [5.41, 5.74) is 3.37. The number of carbonyl (C=O) groups excluding carboxylic acids is 1. The quantitative estimate of drug-likeness (QED) is 0.821. The highest BCUT2D eigenvalue weighted by atomic mass is 16.3. The summed E-state index contributed by atoms with van der Waals surface area (Å²) in [4.78, 5) is 12.6. The van der Waals surface area contributed by atoms with Gasteiger partial charge in [-0.05, 0) is 57.4 Å². The van der Waals surface area contributed by atoms with Crippen LogP contribution >= 0.6 is 0 Å². The largest absolute Gasteiger partial charge is 0.396 e. The Balaban J connectivity index is 2.14. The summed E-state index contributed by atoms with van der Waals surface area (Å²) in [6.07, 6.45) is 1.31. The van der Waals surface area contributed by atoms with Crippen LogP contribution < -0.4 is 5.32 Å². The summed E-state index contributed by atoms with van der Waals surface area (Å²) in [5.74, 6) is -0.108. The molecule has 1 amide bonds. The zero-order chi connectivity index (χ0) is 17.7. The number of nitrogens with one attached hydrogen (secondary N) is 1. The third-order valence-corrected chi connectivity index (χ3v) is 4.48. The van der Waals surface area contributed by atoms with Crippen LogP contribution in [-0.4, -0.2) is 32.9 Å². The molecule has 0 bridgehead atoms. The molecular weight excluding hydrogens is 302 g/mol. The van der Waals surface area contributed by atoms with Gasteiger partial charge in [0.25, 0.3) is 5.91 Å². The Labute approximate surface area is 143 Å². The number of carbonyl (C=O) groups is 1. The fourth-order valence-electron chi connectivity index (χ4n) is 2.74. The Morgan fingerprint density at radius 3 is 2.67 bits per heavy atom. The summed E-state index contributed by atoms with van der Waals surface area (Å²) in [6.45, 7) is 8.67. The Morgan fingerprint density at radius 1 is 1.33 bits per heavy atom. The second-order valence-corrected chi connectivity index (χ2v) is 6.63. The summed E-state index contributed by atoms with van der Waals surface area (Å²) in [7, 11) is 0. The zero-order valence-electron chi connectivity index (χ0n) is 15.0. The normalized spacial score (nSPS) is 13.5. The minimum absolute atomic E-state index is 0.0581. The number of rotatable bonds is 7. The number of aryl methyl sites for hydroxylation is 2. The smallest absolute Gasteiger partial charge is 0.251 e. The van der Waals surface area contributed by atoms with Gasteiger partial charge < -0.3 is 10.4 Å². The molecule has 1 unspecified atom stereocenters. The molecule has 0 aliphatic carbocycles. The van der Waals surface area contributed by atoms with Crippen LogP contribution in [0.2, 0.25) is 0 Å². The molecule has 1 aromatic carbocycles. The van der Waals surface area contributed by atoms with E-state index in [4.69, 9.17) is 0 Å². The van der Waals surface area contributed by atoms with Crippen molar-refractivity contribution in [2.24, 2.45) is 0 Å². The van der Waals surface area contributed by atoms with Crippen LogP contribution in [0.1, 0.15) is 54.0 Å². The standard InChI is InChI=1S/C19H27N3O2/c1-5-19(4,9-10-23)20-18(24)17-8-6-7-16(12-17)13-22-15(3)11-14(2)21-22/h6-8,11-12,23H,5,9-10,13H2,1-4H3,(H,20,24). The second kappa shape index (κ2) is 7.62. The molecule has 5 nitrogen and oxygen atoms in total. The van der Waals surface area contributed by atoms with Crippen molar-refractivity contribution in [1.82, 2.24) is 15.1 Å². The first-order valence-electron chi connectivity index (χ1n) is 8.40. The fourth-order valence-corrected chi connectivity index (χ4v) is 2.74. The molecule has 0 saturated carbocycles. The number of amides is 1. The third kappa shape index (κ3) is 4.45. The summed E-state index contributed by atoms with van der Waals surface area (Å²) < 4.78 is 1.94. The molecule has 0 fully saturated rings. The Kier molecular flexibility index (Phi) is 5.78. The van der Waals surface area contributed by atoms with Gasteiger partial charge in [0.2, 0.25) is 0 Å². The number of hydrogen-bond acceptors (Lipinski definition) is 3. The van der Waals surface area contributed by atoms with Gasteiger partial charge in [-0.1, -0.05) is 19.1 Å². The molecule has 1 atom stereocenters. The molecule has 2 rings (SSSR count). The van der Waals surface area contributed by atoms with E-state index >= 15 is 0 Å². The molecular formula is C19H27N3O2. The first-order chi connectivity index (χ1) is 11.4. The molecule has 5 heteroatoms. The van der Waals surface area contributed by atoms with Crippen molar-refractivity contribution in [2.45, 2.75) is 52.6 Å². The van der Waals surface area contributed by atoms with E-state index in [1.807, 2.05) is 62.7 Å². The molecule has 2 N–H and O–H groups in total. The highest BCUT2D eigenvalue weighted by molar-refractivity contribution is 5.94. The lowest BCUT2D eigenvalue weighted by Gasteiger charge is -2.29. The Morgan fingerprint density at radius 2 is 2.08 bits per heavy atom. The van der Waals surface area contributed by atoms with Gasteiger partial charge in [0.05, 0.1) is 12.2 Å². The number of nitrogens with zero attached hydrogens (tertiary/aromatic N) is 2. The van der Waals surface area contributed by atoms with E-state index in [9.17, 15) is 9.90 Å². The van der Waals surface area contributed by atoms with Crippen LogP contribution in [0.3, 0.4) is 0 Å². The lowest BCUT2D eigenvalue weighted by molar-refractivity contribution is 0.0886. The molecule has 0 spiro atoms. The monoisotopic (exact) mass is 329 g/mol. The van der Waals surface area contributed by atoms with Crippen molar-refractivity contribution in [3.63, 3.8) is 0 Å². The lowest BCUT2D eigenvalue weighted by atomic mass is 9.94. The average Bonchev–Trinajstić information content (AvgIpc) is 2.85. The topological polar surface area (TPSA) is 67.2 Å². The molecule has 0 aliphatic rings. The van der Waals surface area contributed by atoms with E-state index in [0.717, 1.165) is 23.4 Å². The highest BCUT2D eigenvalue weighted by Crippen LogP contribution is 2.16. The predicted octanol–water partition coefficient (Wildman–Crippen LogP) is 2.83. The molecule has 0 radical (unpaired) electrons. The van der Waals surface area contributed by atoms with Crippen molar-refractivity contribution >= 4 is 5.91 Å². The minimum atomic E-state index is -0.391. The van der Waals surface area contributed by atoms with Gasteiger partial charge in [-0.3, -0.25) is 9.48 Å². The molecule has 0 aliphatic heterocycles. The molecule has 0 saturated heterocycles. The van der Waals surface area contributed by atoms with E-state index < -0.39 is 5.54 Å². The summed E-state index contributed by atoms with van der Waals surface area (Å²) >= 11 is 0. The van der Waals surface area contributed by atoms with Gasteiger partial charge in [0.1, 0.15) is 0 Å². The maximum Gasteiger partial charge on any atom is 0.251 e. The number of benzene rings is 1. The predicted molar refractivity (Wildman–Crippen MR) is 95.1 cm³/mol. The first kappa shape index (κ1) is 18.2. The number of aliphatic hydroxyl groups excluding tert-OH is 1. The van der Waals surface area contributed by atoms with Crippen LogP contribution in [0.25, 0.3) is 0 Å². The van der Waals surface area contributed by atoms with E-state index in [1.54, 1.807) is 0 Å². The first-order valence-corrected chi connectivity index (χ1v) is 8.40. The fraction of sp³-hybridized carbons (Fsp3) is 0.474. The Hall–Kier alpha value is -2.14. The van der Waals surface area contributed by atoms with E-state index in [2.05, 4.69) is 10.4 Å². The molecule has 2 aromatic rings.